The summed E-state index contributed by atoms with van der Waals surface area (Å²) >= 11 is 12.2. The first kappa shape index (κ1) is 23.1. The second-order valence-corrected chi connectivity index (χ2v) is 9.15. The SMILES string of the molecule is Cc1c(Cl)cccc1NC(=S)N(CCCN1CCOCC1)Cc1cn(C)c2ccccc12. The average molecular weight is 471 g/mol. The topological polar surface area (TPSA) is 32.7 Å². The number of aromatic nitrogens is 1. The Morgan fingerprint density at radius 2 is 1.94 bits per heavy atom. The van der Waals surface area contributed by atoms with E-state index >= 15 is 0 Å². The second kappa shape index (κ2) is 10.7. The van der Waals surface area contributed by atoms with Crippen molar-refractivity contribution in [2.24, 2.45) is 7.05 Å². The fourth-order valence-corrected chi connectivity index (χ4v) is 4.70. The minimum absolute atomic E-state index is 0.727. The van der Waals surface area contributed by atoms with Gasteiger partial charge in [-0.1, -0.05) is 35.9 Å². The molecule has 0 aliphatic carbocycles. The van der Waals surface area contributed by atoms with Gasteiger partial charge < -0.3 is 19.5 Å². The molecule has 1 N–H and O–H groups in total. The largest absolute Gasteiger partial charge is 0.379 e. The van der Waals surface area contributed by atoms with E-state index in [2.05, 4.69) is 57.2 Å². The van der Waals surface area contributed by atoms with Crippen LogP contribution in [0.2, 0.25) is 5.02 Å². The van der Waals surface area contributed by atoms with Crippen molar-refractivity contribution in [1.29, 1.82) is 0 Å². The van der Waals surface area contributed by atoms with Crippen LogP contribution in [-0.2, 0) is 18.3 Å². The molecule has 0 bridgehead atoms. The third-order valence-corrected chi connectivity index (χ3v) is 6.91. The number of rotatable bonds is 7. The lowest BCUT2D eigenvalue weighted by Crippen LogP contribution is -2.40. The number of ether oxygens (including phenoxy) is 1. The summed E-state index contributed by atoms with van der Waals surface area (Å²) in [6.07, 6.45) is 3.26. The van der Waals surface area contributed by atoms with E-state index < -0.39 is 0 Å². The van der Waals surface area contributed by atoms with Gasteiger partial charge in [-0.25, -0.2) is 0 Å². The van der Waals surface area contributed by atoms with E-state index in [-0.39, 0.29) is 0 Å². The zero-order chi connectivity index (χ0) is 22.5. The molecule has 5 nitrogen and oxygen atoms in total. The highest BCUT2D eigenvalue weighted by Crippen LogP contribution is 2.25. The molecule has 4 rings (SSSR count). The van der Waals surface area contributed by atoms with E-state index in [1.165, 1.54) is 16.5 Å². The number of hydrogen-bond acceptors (Lipinski definition) is 3. The van der Waals surface area contributed by atoms with Crippen molar-refractivity contribution in [3.8, 4) is 0 Å². The van der Waals surface area contributed by atoms with Gasteiger partial charge in [-0.3, -0.25) is 4.90 Å². The molecule has 0 unspecified atom stereocenters. The minimum Gasteiger partial charge on any atom is -0.379 e. The summed E-state index contributed by atoms with van der Waals surface area (Å²) in [5.41, 5.74) is 4.48. The molecule has 0 atom stereocenters. The Kier molecular flexibility index (Phi) is 7.68. The van der Waals surface area contributed by atoms with Crippen LogP contribution in [0.25, 0.3) is 10.9 Å². The number of benzene rings is 2. The highest BCUT2D eigenvalue weighted by atomic mass is 35.5. The summed E-state index contributed by atoms with van der Waals surface area (Å²) in [6.45, 7) is 8.37. The Hall–Kier alpha value is -2.12. The third kappa shape index (κ3) is 5.44. The first-order chi connectivity index (χ1) is 15.5. The molecule has 1 fully saturated rings. The molecule has 32 heavy (non-hydrogen) atoms. The molecule has 3 aromatic rings. The van der Waals surface area contributed by atoms with E-state index in [0.29, 0.717) is 0 Å². The number of fused-ring (bicyclic) bond motifs is 1. The number of halogens is 1. The van der Waals surface area contributed by atoms with Crippen molar-refractivity contribution < 1.29 is 4.74 Å². The van der Waals surface area contributed by atoms with Crippen LogP contribution in [0, 0.1) is 6.92 Å². The second-order valence-electron chi connectivity index (χ2n) is 8.35. The number of morpholine rings is 1. The minimum atomic E-state index is 0.727. The van der Waals surface area contributed by atoms with Gasteiger partial charge in [0.25, 0.3) is 0 Å². The van der Waals surface area contributed by atoms with Gasteiger partial charge >= 0.3 is 0 Å². The Morgan fingerprint density at radius 1 is 1.16 bits per heavy atom. The van der Waals surface area contributed by atoms with Crippen molar-refractivity contribution in [3.05, 3.63) is 64.8 Å². The summed E-state index contributed by atoms with van der Waals surface area (Å²) in [7, 11) is 2.10. The zero-order valence-electron chi connectivity index (χ0n) is 18.8. The number of para-hydroxylation sites is 1. The van der Waals surface area contributed by atoms with Crippen molar-refractivity contribution in [2.45, 2.75) is 19.9 Å². The monoisotopic (exact) mass is 470 g/mol. The van der Waals surface area contributed by atoms with Crippen LogP contribution in [-0.4, -0.2) is 58.9 Å². The Labute approximate surface area is 200 Å². The molecular formula is C25H31ClN4OS. The Bertz CT molecular complexity index is 1080. The maximum atomic E-state index is 6.33. The van der Waals surface area contributed by atoms with Crippen LogP contribution in [0.1, 0.15) is 17.5 Å². The van der Waals surface area contributed by atoms with Gasteiger partial charge in [-0.2, -0.15) is 0 Å². The van der Waals surface area contributed by atoms with Crippen molar-refractivity contribution in [3.63, 3.8) is 0 Å². The first-order valence-electron chi connectivity index (χ1n) is 11.2. The van der Waals surface area contributed by atoms with E-state index in [4.69, 9.17) is 28.6 Å². The quantitative estimate of drug-likeness (QED) is 0.488. The molecule has 1 aliphatic rings. The van der Waals surface area contributed by atoms with Crippen LogP contribution < -0.4 is 5.32 Å². The van der Waals surface area contributed by atoms with Gasteiger partial charge in [0.05, 0.1) is 13.2 Å². The number of aryl methyl sites for hydroxylation is 1. The van der Waals surface area contributed by atoms with Crippen LogP contribution in [0.3, 0.4) is 0 Å². The molecule has 0 amide bonds. The normalized spacial score (nSPS) is 14.6. The van der Waals surface area contributed by atoms with Crippen LogP contribution in [0.4, 0.5) is 5.69 Å². The van der Waals surface area contributed by atoms with Gasteiger partial charge in [0.2, 0.25) is 0 Å². The molecule has 0 spiro atoms. The molecule has 0 radical (unpaired) electrons. The summed E-state index contributed by atoms with van der Waals surface area (Å²) in [5.74, 6) is 0. The van der Waals surface area contributed by atoms with Crippen LogP contribution in [0.15, 0.2) is 48.7 Å². The van der Waals surface area contributed by atoms with Crippen molar-refractivity contribution >= 4 is 45.5 Å². The lowest BCUT2D eigenvalue weighted by atomic mass is 10.1. The standard InChI is InChI=1S/C25H31ClN4OS/c1-19-22(26)8-5-9-23(19)27-25(32)30(12-6-11-29-13-15-31-16-14-29)18-20-17-28(2)24-10-4-3-7-21(20)24/h3-5,7-10,17H,6,11-16,18H2,1-2H3,(H,27,32). The van der Waals surface area contributed by atoms with Gasteiger partial charge in [0.1, 0.15) is 0 Å². The molecule has 2 heterocycles. The number of thiocarbonyl (C=S) groups is 1. The number of hydrogen-bond donors (Lipinski definition) is 1. The van der Waals surface area contributed by atoms with Gasteiger partial charge in [0.15, 0.2) is 5.11 Å². The summed E-state index contributed by atoms with van der Waals surface area (Å²) in [4.78, 5) is 4.75. The maximum Gasteiger partial charge on any atom is 0.173 e. The molecule has 1 saturated heterocycles. The van der Waals surface area contributed by atoms with Crippen LogP contribution in [0.5, 0.6) is 0 Å². The van der Waals surface area contributed by atoms with E-state index in [9.17, 15) is 0 Å². The zero-order valence-corrected chi connectivity index (χ0v) is 20.4. The van der Waals surface area contributed by atoms with Crippen molar-refractivity contribution in [2.75, 3.05) is 44.7 Å². The van der Waals surface area contributed by atoms with E-state index in [1.54, 1.807) is 0 Å². The fraction of sp³-hybridized carbons (Fsp3) is 0.400. The predicted octanol–water partition coefficient (Wildman–Crippen LogP) is 5.06. The number of nitrogens with zero attached hydrogens (tertiary/aromatic N) is 3. The smallest absolute Gasteiger partial charge is 0.173 e. The molecule has 1 aromatic heterocycles. The third-order valence-electron chi connectivity index (χ3n) is 6.14. The number of nitrogens with one attached hydrogen (secondary N) is 1. The van der Waals surface area contributed by atoms with Crippen LogP contribution >= 0.6 is 23.8 Å². The van der Waals surface area contributed by atoms with E-state index in [0.717, 1.165) is 73.7 Å². The molecule has 0 saturated carbocycles. The van der Waals surface area contributed by atoms with Crippen molar-refractivity contribution in [1.82, 2.24) is 14.4 Å². The maximum absolute atomic E-state index is 6.33. The lowest BCUT2D eigenvalue weighted by molar-refractivity contribution is 0.0368. The molecule has 2 aromatic carbocycles. The highest BCUT2D eigenvalue weighted by molar-refractivity contribution is 7.80. The summed E-state index contributed by atoms with van der Waals surface area (Å²) in [6, 6.07) is 14.4. The molecule has 7 heteroatoms. The first-order valence-corrected chi connectivity index (χ1v) is 12.0. The average Bonchev–Trinajstić information content (AvgIpc) is 3.12. The Morgan fingerprint density at radius 3 is 2.75 bits per heavy atom. The van der Waals surface area contributed by atoms with Gasteiger partial charge in [-0.15, -0.1) is 0 Å². The lowest BCUT2D eigenvalue weighted by Gasteiger charge is -2.30. The number of anilines is 1. The van der Waals surface area contributed by atoms with E-state index in [1.807, 2.05) is 25.1 Å². The predicted molar refractivity (Wildman–Crippen MR) is 138 cm³/mol. The summed E-state index contributed by atoms with van der Waals surface area (Å²) in [5, 5.41) is 6.19. The molecular weight excluding hydrogens is 440 g/mol. The fourth-order valence-electron chi connectivity index (χ4n) is 4.26. The molecule has 170 valence electrons. The molecule has 1 aliphatic heterocycles. The highest BCUT2D eigenvalue weighted by Gasteiger charge is 2.17. The van der Waals surface area contributed by atoms with Gasteiger partial charge in [-0.05, 0) is 54.9 Å². The van der Waals surface area contributed by atoms with Gasteiger partial charge in [0, 0.05) is 67.6 Å². The Balaban J connectivity index is 1.51. The summed E-state index contributed by atoms with van der Waals surface area (Å²) < 4.78 is 7.67.